The largest absolute Gasteiger partial charge is 0.454 e. The van der Waals surface area contributed by atoms with Gasteiger partial charge in [-0.25, -0.2) is 9.48 Å². The standard InChI is InChI=1S/C19H21N5O4/c1-13-10-17(14(2)23(13)8-9-27-3)18(25)11-28-19(26)15-4-6-16(7-5-15)24-12-20-21-22-24/h4-7,10,12H,8-9,11H2,1-3H3. The number of esters is 1. The van der Waals surface area contributed by atoms with Gasteiger partial charge in [-0.3, -0.25) is 4.79 Å². The number of hydrogen-bond acceptors (Lipinski definition) is 7. The number of carbonyl (C=O) groups is 2. The molecule has 9 heteroatoms. The SMILES string of the molecule is COCCn1c(C)cc(C(=O)COC(=O)c2ccc(-n3cnnn3)cc2)c1C. The number of rotatable bonds is 8. The topological polar surface area (TPSA) is 101 Å². The Hall–Kier alpha value is -3.33. The summed E-state index contributed by atoms with van der Waals surface area (Å²) in [6, 6.07) is 8.39. The van der Waals surface area contributed by atoms with E-state index in [1.165, 1.54) is 11.0 Å². The smallest absolute Gasteiger partial charge is 0.338 e. The van der Waals surface area contributed by atoms with Gasteiger partial charge >= 0.3 is 5.97 Å². The van der Waals surface area contributed by atoms with Gasteiger partial charge in [0.2, 0.25) is 5.78 Å². The van der Waals surface area contributed by atoms with Crippen LogP contribution in [-0.2, 0) is 16.0 Å². The van der Waals surface area contributed by atoms with Gasteiger partial charge in [0.05, 0.1) is 17.9 Å². The molecule has 0 radical (unpaired) electrons. The molecule has 0 bridgehead atoms. The van der Waals surface area contributed by atoms with Crippen molar-refractivity contribution in [3.8, 4) is 5.69 Å². The highest BCUT2D eigenvalue weighted by atomic mass is 16.5. The molecule has 9 nitrogen and oxygen atoms in total. The molecule has 2 aromatic heterocycles. The quantitative estimate of drug-likeness (QED) is 0.431. The summed E-state index contributed by atoms with van der Waals surface area (Å²) in [7, 11) is 1.63. The van der Waals surface area contributed by atoms with Gasteiger partial charge in [0.1, 0.15) is 6.33 Å². The lowest BCUT2D eigenvalue weighted by molar-refractivity contribution is 0.0474. The van der Waals surface area contributed by atoms with Gasteiger partial charge in [0, 0.05) is 30.6 Å². The third-order valence-electron chi connectivity index (χ3n) is 4.44. The Morgan fingerprint density at radius 2 is 1.89 bits per heavy atom. The van der Waals surface area contributed by atoms with E-state index >= 15 is 0 Å². The van der Waals surface area contributed by atoms with Gasteiger partial charge < -0.3 is 14.0 Å². The Balaban J connectivity index is 1.62. The maximum absolute atomic E-state index is 12.5. The average Bonchev–Trinajstić information content (AvgIpc) is 3.33. The van der Waals surface area contributed by atoms with E-state index in [4.69, 9.17) is 9.47 Å². The zero-order valence-corrected chi connectivity index (χ0v) is 16.0. The molecule has 3 aromatic rings. The number of aromatic nitrogens is 5. The van der Waals surface area contributed by atoms with Crippen molar-refractivity contribution in [3.05, 3.63) is 59.2 Å². The maximum atomic E-state index is 12.5. The van der Waals surface area contributed by atoms with Crippen LogP contribution in [0.4, 0.5) is 0 Å². The molecule has 0 saturated heterocycles. The van der Waals surface area contributed by atoms with Crippen LogP contribution in [0.2, 0.25) is 0 Å². The Labute approximate surface area is 161 Å². The van der Waals surface area contributed by atoms with Gasteiger partial charge in [-0.2, -0.15) is 0 Å². The van der Waals surface area contributed by atoms with E-state index in [1.54, 1.807) is 31.4 Å². The van der Waals surface area contributed by atoms with Crippen molar-refractivity contribution in [1.29, 1.82) is 0 Å². The molecular formula is C19H21N5O4. The summed E-state index contributed by atoms with van der Waals surface area (Å²) in [5, 5.41) is 10.9. The first-order valence-corrected chi connectivity index (χ1v) is 8.70. The minimum absolute atomic E-state index is 0.240. The number of ketones is 1. The lowest BCUT2D eigenvalue weighted by atomic mass is 10.1. The van der Waals surface area contributed by atoms with E-state index in [2.05, 4.69) is 15.5 Å². The molecule has 0 saturated carbocycles. The summed E-state index contributed by atoms with van der Waals surface area (Å²) in [6.07, 6.45) is 1.45. The van der Waals surface area contributed by atoms with Crippen LogP contribution in [0.5, 0.6) is 0 Å². The number of methoxy groups -OCH3 is 1. The van der Waals surface area contributed by atoms with Gasteiger partial charge in [0.25, 0.3) is 0 Å². The molecule has 1 aromatic carbocycles. The molecule has 0 amide bonds. The number of benzene rings is 1. The molecule has 0 fully saturated rings. The number of hydrogen-bond donors (Lipinski definition) is 0. The van der Waals surface area contributed by atoms with Crippen molar-refractivity contribution >= 4 is 11.8 Å². The number of aryl methyl sites for hydroxylation is 1. The number of tetrazole rings is 1. The van der Waals surface area contributed by atoms with Crippen molar-refractivity contribution < 1.29 is 19.1 Å². The zero-order valence-electron chi connectivity index (χ0n) is 16.0. The van der Waals surface area contributed by atoms with Gasteiger partial charge in [0.15, 0.2) is 6.61 Å². The Bertz CT molecular complexity index is 961. The summed E-state index contributed by atoms with van der Waals surface area (Å²) >= 11 is 0. The van der Waals surface area contributed by atoms with Crippen molar-refractivity contribution in [2.24, 2.45) is 0 Å². The summed E-state index contributed by atoms with van der Waals surface area (Å²) in [4.78, 5) is 24.7. The van der Waals surface area contributed by atoms with Crippen LogP contribution in [0, 0.1) is 13.8 Å². The average molecular weight is 383 g/mol. The minimum Gasteiger partial charge on any atom is -0.454 e. The predicted octanol–water partition coefficient (Wildman–Crippen LogP) is 1.77. The molecule has 146 valence electrons. The summed E-state index contributed by atoms with van der Waals surface area (Å²) < 4.78 is 13.8. The molecule has 28 heavy (non-hydrogen) atoms. The zero-order chi connectivity index (χ0) is 20.1. The van der Waals surface area contributed by atoms with Crippen molar-refractivity contribution in [1.82, 2.24) is 24.8 Å². The van der Waals surface area contributed by atoms with E-state index in [1.807, 2.05) is 24.5 Å². The Morgan fingerprint density at radius 3 is 2.54 bits per heavy atom. The molecule has 0 aliphatic rings. The van der Waals surface area contributed by atoms with E-state index in [0.29, 0.717) is 30.0 Å². The molecule has 0 aliphatic heterocycles. The first kappa shape index (κ1) is 19.4. The Kier molecular flexibility index (Phi) is 5.95. The molecule has 0 aliphatic carbocycles. The lowest BCUT2D eigenvalue weighted by Crippen LogP contribution is -2.15. The highest BCUT2D eigenvalue weighted by Crippen LogP contribution is 2.16. The van der Waals surface area contributed by atoms with E-state index in [-0.39, 0.29) is 12.4 Å². The van der Waals surface area contributed by atoms with Crippen LogP contribution >= 0.6 is 0 Å². The van der Waals surface area contributed by atoms with Crippen LogP contribution < -0.4 is 0 Å². The highest BCUT2D eigenvalue weighted by Gasteiger charge is 2.18. The second-order valence-electron chi connectivity index (χ2n) is 6.23. The monoisotopic (exact) mass is 383 g/mol. The molecule has 0 unspecified atom stereocenters. The third kappa shape index (κ3) is 4.15. The molecule has 0 N–H and O–H groups in total. The van der Waals surface area contributed by atoms with Crippen molar-refractivity contribution in [2.45, 2.75) is 20.4 Å². The number of Topliss-reactive ketones (excluding diaryl/α,β-unsaturated/α-hetero) is 1. The van der Waals surface area contributed by atoms with Gasteiger partial charge in [-0.05, 0) is 54.6 Å². The normalized spacial score (nSPS) is 10.8. The fraction of sp³-hybridized carbons (Fsp3) is 0.316. The summed E-state index contributed by atoms with van der Waals surface area (Å²) in [5.41, 5.74) is 3.40. The van der Waals surface area contributed by atoms with Gasteiger partial charge in [-0.1, -0.05) is 0 Å². The van der Waals surface area contributed by atoms with Crippen LogP contribution in [0.25, 0.3) is 5.69 Å². The number of nitrogens with zero attached hydrogens (tertiary/aromatic N) is 5. The Morgan fingerprint density at radius 1 is 1.14 bits per heavy atom. The second kappa shape index (κ2) is 8.57. The molecule has 0 spiro atoms. The highest BCUT2D eigenvalue weighted by molar-refractivity contribution is 6.00. The van der Waals surface area contributed by atoms with E-state index < -0.39 is 5.97 Å². The van der Waals surface area contributed by atoms with Crippen molar-refractivity contribution in [3.63, 3.8) is 0 Å². The first-order valence-electron chi connectivity index (χ1n) is 8.70. The molecule has 0 atom stereocenters. The number of carbonyl (C=O) groups excluding carboxylic acids is 2. The minimum atomic E-state index is -0.565. The third-order valence-corrected chi connectivity index (χ3v) is 4.44. The summed E-state index contributed by atoms with van der Waals surface area (Å²) in [5.74, 6) is -0.805. The van der Waals surface area contributed by atoms with Crippen molar-refractivity contribution in [2.75, 3.05) is 20.3 Å². The van der Waals surface area contributed by atoms with E-state index in [9.17, 15) is 9.59 Å². The lowest BCUT2D eigenvalue weighted by Gasteiger charge is -2.09. The fourth-order valence-electron chi connectivity index (χ4n) is 2.93. The predicted molar refractivity (Wildman–Crippen MR) is 99.5 cm³/mol. The van der Waals surface area contributed by atoms with E-state index in [0.717, 1.165) is 11.4 Å². The van der Waals surface area contributed by atoms with Gasteiger partial charge in [-0.15, -0.1) is 5.10 Å². The van der Waals surface area contributed by atoms with Crippen LogP contribution in [-0.4, -0.2) is 56.9 Å². The molecule has 3 rings (SSSR count). The summed E-state index contributed by atoms with van der Waals surface area (Å²) in [6.45, 7) is 4.70. The first-order chi connectivity index (χ1) is 13.5. The van der Waals surface area contributed by atoms with Crippen LogP contribution in [0.3, 0.4) is 0 Å². The van der Waals surface area contributed by atoms with Crippen LogP contribution in [0.1, 0.15) is 32.1 Å². The number of ether oxygens (including phenoxy) is 2. The molecule has 2 heterocycles. The van der Waals surface area contributed by atoms with Crippen LogP contribution in [0.15, 0.2) is 36.7 Å². The molecular weight excluding hydrogens is 362 g/mol. The second-order valence-corrected chi connectivity index (χ2v) is 6.23. The fourth-order valence-corrected chi connectivity index (χ4v) is 2.93. The maximum Gasteiger partial charge on any atom is 0.338 e.